The molecule has 104 valence electrons. The molecule has 1 saturated heterocycles. The van der Waals surface area contributed by atoms with Gasteiger partial charge in [0.05, 0.1) is 24.8 Å². The zero-order valence-electron chi connectivity index (χ0n) is 9.52. The van der Waals surface area contributed by atoms with Crippen molar-refractivity contribution in [3.05, 3.63) is 18.2 Å². The number of phenols is 1. The van der Waals surface area contributed by atoms with Gasteiger partial charge in [0.25, 0.3) is 0 Å². The molecule has 1 aliphatic heterocycles. The van der Waals surface area contributed by atoms with E-state index in [9.17, 15) is 28.2 Å². The first-order chi connectivity index (χ1) is 8.76. The zero-order chi connectivity index (χ0) is 14.2. The Balaban J connectivity index is 2.30. The molecule has 0 bridgehead atoms. The lowest BCUT2D eigenvalue weighted by Gasteiger charge is -2.18. The quantitative estimate of drug-likeness (QED) is 0.857. The zero-order valence-corrected chi connectivity index (χ0v) is 9.52. The fourth-order valence-corrected chi connectivity index (χ4v) is 1.84. The van der Waals surface area contributed by atoms with Crippen molar-refractivity contribution in [1.82, 2.24) is 0 Å². The van der Waals surface area contributed by atoms with E-state index in [-0.39, 0.29) is 24.4 Å². The van der Waals surface area contributed by atoms with E-state index in [1.54, 1.807) is 0 Å². The van der Waals surface area contributed by atoms with Crippen LogP contribution in [0.4, 0.5) is 18.9 Å². The molecular formula is C11H10F3NO4. The molecule has 0 aliphatic carbocycles. The molecule has 1 aromatic rings. The van der Waals surface area contributed by atoms with Crippen LogP contribution in [0.25, 0.3) is 0 Å². The van der Waals surface area contributed by atoms with Crippen LogP contribution in [0, 0.1) is 0 Å². The second-order valence-corrected chi connectivity index (χ2v) is 4.06. The number of amides is 1. The van der Waals surface area contributed by atoms with E-state index in [0.717, 1.165) is 23.1 Å². The summed E-state index contributed by atoms with van der Waals surface area (Å²) in [6.45, 7) is -0.0815. The Morgan fingerprint density at radius 1 is 1.37 bits per heavy atom. The van der Waals surface area contributed by atoms with Crippen molar-refractivity contribution in [3.8, 4) is 11.5 Å². The Morgan fingerprint density at radius 2 is 2.05 bits per heavy atom. The number of carbonyl (C=O) groups is 1. The number of phenolic OH excluding ortho intramolecular Hbond substituents is 1. The smallest absolute Gasteiger partial charge is 0.506 e. The SMILES string of the molecule is O=C1CC(O)CN1c1cc(OC(F)(F)F)ccc1O. The number of hydrogen-bond donors (Lipinski definition) is 2. The van der Waals surface area contributed by atoms with Crippen molar-refractivity contribution < 1.29 is 32.9 Å². The number of halogens is 3. The lowest BCUT2D eigenvalue weighted by Crippen LogP contribution is -2.25. The second-order valence-electron chi connectivity index (χ2n) is 4.06. The lowest BCUT2D eigenvalue weighted by atomic mass is 10.2. The topological polar surface area (TPSA) is 70.0 Å². The maximum Gasteiger partial charge on any atom is 0.573 e. The molecule has 1 fully saturated rings. The fourth-order valence-electron chi connectivity index (χ4n) is 1.84. The molecule has 1 aromatic carbocycles. The number of benzene rings is 1. The van der Waals surface area contributed by atoms with Crippen molar-refractivity contribution in [2.24, 2.45) is 0 Å². The van der Waals surface area contributed by atoms with Gasteiger partial charge in [-0.25, -0.2) is 0 Å². The van der Waals surface area contributed by atoms with Gasteiger partial charge in [0, 0.05) is 6.07 Å². The molecule has 0 saturated carbocycles. The molecule has 8 heteroatoms. The third-order valence-corrected chi connectivity index (χ3v) is 2.58. The van der Waals surface area contributed by atoms with Gasteiger partial charge in [-0.3, -0.25) is 4.79 Å². The number of aromatic hydroxyl groups is 1. The van der Waals surface area contributed by atoms with Gasteiger partial charge in [-0.15, -0.1) is 13.2 Å². The van der Waals surface area contributed by atoms with Crippen molar-refractivity contribution in [1.29, 1.82) is 0 Å². The number of rotatable bonds is 2. The van der Waals surface area contributed by atoms with Crippen molar-refractivity contribution in [2.45, 2.75) is 18.9 Å². The Labute approximate surface area is 105 Å². The summed E-state index contributed by atoms with van der Waals surface area (Å²) in [6, 6.07) is 2.83. The molecule has 1 aliphatic rings. The number of hydrogen-bond acceptors (Lipinski definition) is 4. The first-order valence-electron chi connectivity index (χ1n) is 5.33. The number of aliphatic hydroxyl groups is 1. The van der Waals surface area contributed by atoms with Gasteiger partial charge in [-0.2, -0.15) is 0 Å². The van der Waals surface area contributed by atoms with Crippen LogP contribution in [-0.2, 0) is 4.79 Å². The van der Waals surface area contributed by atoms with Crippen LogP contribution < -0.4 is 9.64 Å². The molecule has 0 aromatic heterocycles. The van der Waals surface area contributed by atoms with Crippen LogP contribution in [0.15, 0.2) is 18.2 Å². The number of aliphatic hydroxyl groups excluding tert-OH is 1. The van der Waals surface area contributed by atoms with E-state index >= 15 is 0 Å². The Morgan fingerprint density at radius 3 is 2.58 bits per heavy atom. The number of anilines is 1. The number of β-amino-alcohol motifs (C(OH)–C–C–N with tert-alkyl or cyclic N) is 1. The summed E-state index contributed by atoms with van der Waals surface area (Å²) >= 11 is 0. The molecule has 19 heavy (non-hydrogen) atoms. The summed E-state index contributed by atoms with van der Waals surface area (Å²) in [5.41, 5.74) is -0.122. The molecule has 1 atom stereocenters. The molecule has 0 spiro atoms. The van der Waals surface area contributed by atoms with E-state index in [4.69, 9.17) is 0 Å². The van der Waals surface area contributed by atoms with Crippen LogP contribution in [-0.4, -0.2) is 35.1 Å². The van der Waals surface area contributed by atoms with Crippen molar-refractivity contribution in [3.63, 3.8) is 0 Å². The van der Waals surface area contributed by atoms with Crippen LogP contribution in [0.2, 0.25) is 0 Å². The number of carbonyl (C=O) groups excluding carboxylic acids is 1. The van der Waals surface area contributed by atoms with Gasteiger partial charge in [0.2, 0.25) is 5.91 Å². The maximum absolute atomic E-state index is 12.1. The minimum atomic E-state index is -4.86. The molecule has 2 rings (SSSR count). The highest BCUT2D eigenvalue weighted by Crippen LogP contribution is 2.35. The highest BCUT2D eigenvalue weighted by Gasteiger charge is 2.33. The third-order valence-electron chi connectivity index (χ3n) is 2.58. The predicted molar refractivity (Wildman–Crippen MR) is 57.8 cm³/mol. The van der Waals surface area contributed by atoms with E-state index in [2.05, 4.69) is 4.74 Å². The number of alkyl halides is 3. The van der Waals surface area contributed by atoms with Gasteiger partial charge in [-0.05, 0) is 12.1 Å². The summed E-state index contributed by atoms with van der Waals surface area (Å²) < 4.78 is 40.0. The Hall–Kier alpha value is -1.96. The van der Waals surface area contributed by atoms with Crippen LogP contribution in [0.3, 0.4) is 0 Å². The standard InChI is InChI=1S/C11H10F3NO4/c12-11(13,14)19-7-1-2-9(17)8(4-7)15-5-6(16)3-10(15)18/h1-2,4,6,16-17H,3,5H2. The van der Waals surface area contributed by atoms with Gasteiger partial charge in [0.15, 0.2) is 0 Å². The Bertz CT molecular complexity index is 503. The minimum Gasteiger partial charge on any atom is -0.506 e. The minimum absolute atomic E-state index is 0.0815. The molecule has 0 radical (unpaired) electrons. The number of nitrogens with zero attached hydrogens (tertiary/aromatic N) is 1. The molecule has 2 N–H and O–H groups in total. The predicted octanol–water partition coefficient (Wildman–Crippen LogP) is 1.39. The first kappa shape index (κ1) is 13.5. The maximum atomic E-state index is 12.1. The van der Waals surface area contributed by atoms with E-state index in [1.165, 1.54) is 0 Å². The summed E-state index contributed by atoms with van der Waals surface area (Å²) in [6.07, 6.45) is -5.90. The lowest BCUT2D eigenvalue weighted by molar-refractivity contribution is -0.274. The van der Waals surface area contributed by atoms with Crippen molar-refractivity contribution >= 4 is 11.6 Å². The van der Waals surface area contributed by atoms with Crippen molar-refractivity contribution in [2.75, 3.05) is 11.4 Å². The van der Waals surface area contributed by atoms with Gasteiger partial charge >= 0.3 is 6.36 Å². The first-order valence-corrected chi connectivity index (χ1v) is 5.33. The third kappa shape index (κ3) is 3.08. The van der Waals surface area contributed by atoms with Crippen LogP contribution in [0.5, 0.6) is 11.5 Å². The Kier molecular flexibility index (Phi) is 3.27. The summed E-state index contributed by atoms with van der Waals surface area (Å²) in [4.78, 5) is 12.5. The summed E-state index contributed by atoms with van der Waals surface area (Å²) in [5.74, 6) is -1.39. The number of ether oxygens (including phenoxy) is 1. The molecule has 1 amide bonds. The average Bonchev–Trinajstić information content (AvgIpc) is 2.58. The molecule has 5 nitrogen and oxygen atoms in total. The van der Waals surface area contributed by atoms with Gasteiger partial charge in [-0.1, -0.05) is 0 Å². The average molecular weight is 277 g/mol. The van der Waals surface area contributed by atoms with E-state index in [1.807, 2.05) is 0 Å². The van der Waals surface area contributed by atoms with Crippen LogP contribution in [0.1, 0.15) is 6.42 Å². The van der Waals surface area contributed by atoms with E-state index in [0.29, 0.717) is 0 Å². The highest BCUT2D eigenvalue weighted by molar-refractivity contribution is 5.97. The summed E-state index contributed by atoms with van der Waals surface area (Å²) in [5, 5.41) is 18.9. The molecular weight excluding hydrogens is 267 g/mol. The molecule has 1 heterocycles. The van der Waals surface area contributed by atoms with Gasteiger partial charge < -0.3 is 19.8 Å². The largest absolute Gasteiger partial charge is 0.573 e. The normalized spacial score (nSPS) is 19.9. The van der Waals surface area contributed by atoms with Gasteiger partial charge in [0.1, 0.15) is 11.5 Å². The van der Waals surface area contributed by atoms with Crippen LogP contribution >= 0.6 is 0 Å². The van der Waals surface area contributed by atoms with E-state index < -0.39 is 24.1 Å². The molecule has 1 unspecified atom stereocenters. The summed E-state index contributed by atoms with van der Waals surface area (Å²) in [7, 11) is 0. The second kappa shape index (κ2) is 4.61. The monoisotopic (exact) mass is 277 g/mol. The fraction of sp³-hybridized carbons (Fsp3) is 0.364. The highest BCUT2D eigenvalue weighted by atomic mass is 19.4.